The van der Waals surface area contributed by atoms with E-state index in [1.165, 1.54) is 5.56 Å². The molecule has 2 rings (SSSR count). The summed E-state index contributed by atoms with van der Waals surface area (Å²) >= 11 is 1.72. The Hall–Kier alpha value is -1.55. The lowest BCUT2D eigenvalue weighted by atomic mass is 10.3. The fourth-order valence-electron chi connectivity index (χ4n) is 1.49. The zero-order valence-corrected chi connectivity index (χ0v) is 10.8. The summed E-state index contributed by atoms with van der Waals surface area (Å²) in [6.45, 7) is 3.97. The monoisotopic (exact) mass is 247 g/mol. The molecule has 0 amide bonds. The van der Waals surface area contributed by atoms with Crippen molar-refractivity contribution in [2.75, 3.05) is 17.2 Å². The summed E-state index contributed by atoms with van der Waals surface area (Å²) in [6.07, 6.45) is 2.93. The minimum Gasteiger partial charge on any atom is -0.381 e. The van der Waals surface area contributed by atoms with Crippen LogP contribution in [0.5, 0.6) is 0 Å². The Morgan fingerprint density at radius 1 is 1.29 bits per heavy atom. The van der Waals surface area contributed by atoms with Gasteiger partial charge in [0.1, 0.15) is 5.82 Å². The minimum absolute atomic E-state index is 0.862. The van der Waals surface area contributed by atoms with Gasteiger partial charge in [-0.3, -0.25) is 0 Å². The van der Waals surface area contributed by atoms with Crippen LogP contribution in [0, 0.1) is 0 Å². The van der Waals surface area contributed by atoms with Gasteiger partial charge in [-0.05, 0) is 34.9 Å². The maximum atomic E-state index is 4.27. The van der Waals surface area contributed by atoms with Crippen LogP contribution in [0.1, 0.15) is 18.9 Å². The Morgan fingerprint density at radius 3 is 3.00 bits per heavy atom. The van der Waals surface area contributed by atoms with Gasteiger partial charge < -0.3 is 10.6 Å². The summed E-state index contributed by atoms with van der Waals surface area (Å²) in [4.78, 5) is 4.27. The zero-order valence-electron chi connectivity index (χ0n) is 9.94. The van der Waals surface area contributed by atoms with Gasteiger partial charge in [0, 0.05) is 31.0 Å². The highest BCUT2D eigenvalue weighted by atomic mass is 32.1. The first-order chi connectivity index (χ1) is 8.38. The molecule has 2 aromatic rings. The molecule has 3 nitrogen and oxygen atoms in total. The van der Waals surface area contributed by atoms with E-state index in [-0.39, 0.29) is 0 Å². The molecule has 0 saturated carbocycles. The molecule has 0 spiro atoms. The molecule has 0 unspecified atom stereocenters. The first-order valence-corrected chi connectivity index (χ1v) is 6.77. The molecule has 0 aliphatic rings. The number of pyridine rings is 1. The van der Waals surface area contributed by atoms with Gasteiger partial charge in [-0.2, -0.15) is 11.3 Å². The van der Waals surface area contributed by atoms with Crippen LogP contribution < -0.4 is 10.6 Å². The second kappa shape index (κ2) is 6.25. The van der Waals surface area contributed by atoms with E-state index in [4.69, 9.17) is 0 Å². The molecule has 90 valence electrons. The normalized spacial score (nSPS) is 10.2. The van der Waals surface area contributed by atoms with Crippen molar-refractivity contribution in [2.45, 2.75) is 19.9 Å². The maximum Gasteiger partial charge on any atom is 0.127 e. The summed E-state index contributed by atoms with van der Waals surface area (Å²) in [7, 11) is 0. The number of nitrogens with zero attached hydrogens (tertiary/aromatic N) is 1. The number of thiophene rings is 1. The van der Waals surface area contributed by atoms with E-state index in [2.05, 4.69) is 39.4 Å². The Bertz CT molecular complexity index is 440. The van der Waals surface area contributed by atoms with E-state index in [1.54, 1.807) is 11.3 Å². The largest absolute Gasteiger partial charge is 0.381 e. The zero-order chi connectivity index (χ0) is 11.9. The first-order valence-electron chi connectivity index (χ1n) is 5.83. The van der Waals surface area contributed by atoms with E-state index in [9.17, 15) is 0 Å². The Kier molecular flexibility index (Phi) is 4.38. The van der Waals surface area contributed by atoms with Crippen molar-refractivity contribution < 1.29 is 0 Å². The van der Waals surface area contributed by atoms with Gasteiger partial charge in [0.05, 0.1) is 0 Å². The molecular formula is C13H17N3S. The van der Waals surface area contributed by atoms with Gasteiger partial charge >= 0.3 is 0 Å². The highest BCUT2D eigenvalue weighted by Crippen LogP contribution is 2.14. The van der Waals surface area contributed by atoms with Gasteiger partial charge in [-0.15, -0.1) is 0 Å². The van der Waals surface area contributed by atoms with E-state index in [0.717, 1.165) is 31.0 Å². The fourth-order valence-corrected chi connectivity index (χ4v) is 2.16. The SMILES string of the molecule is CCCNc1cc(NCc2ccsc2)ccn1. The average Bonchev–Trinajstić information content (AvgIpc) is 2.87. The second-order valence-electron chi connectivity index (χ2n) is 3.84. The second-order valence-corrected chi connectivity index (χ2v) is 4.62. The molecular weight excluding hydrogens is 230 g/mol. The van der Waals surface area contributed by atoms with E-state index >= 15 is 0 Å². The van der Waals surface area contributed by atoms with Crippen molar-refractivity contribution in [3.05, 3.63) is 40.7 Å². The Morgan fingerprint density at radius 2 is 2.24 bits per heavy atom. The molecule has 17 heavy (non-hydrogen) atoms. The van der Waals surface area contributed by atoms with Crippen molar-refractivity contribution in [2.24, 2.45) is 0 Å². The molecule has 0 fully saturated rings. The van der Waals surface area contributed by atoms with Crippen LogP contribution in [0.3, 0.4) is 0 Å². The highest BCUT2D eigenvalue weighted by Gasteiger charge is 1.97. The average molecular weight is 247 g/mol. The van der Waals surface area contributed by atoms with Crippen LogP contribution in [0.25, 0.3) is 0 Å². The van der Waals surface area contributed by atoms with Crippen LogP contribution in [0.2, 0.25) is 0 Å². The lowest BCUT2D eigenvalue weighted by Crippen LogP contribution is -2.03. The number of nitrogens with one attached hydrogen (secondary N) is 2. The van der Waals surface area contributed by atoms with Crippen molar-refractivity contribution >= 4 is 22.8 Å². The number of aromatic nitrogens is 1. The van der Waals surface area contributed by atoms with Crippen LogP contribution in [0.15, 0.2) is 35.2 Å². The number of rotatable bonds is 6. The molecule has 0 aromatic carbocycles. The molecule has 4 heteroatoms. The van der Waals surface area contributed by atoms with Gasteiger partial charge in [-0.1, -0.05) is 6.92 Å². The third kappa shape index (κ3) is 3.75. The van der Waals surface area contributed by atoms with E-state index in [0.29, 0.717) is 0 Å². The predicted molar refractivity (Wildman–Crippen MR) is 74.7 cm³/mol. The van der Waals surface area contributed by atoms with Crippen molar-refractivity contribution in [3.63, 3.8) is 0 Å². The Balaban J connectivity index is 1.91. The highest BCUT2D eigenvalue weighted by molar-refractivity contribution is 7.07. The molecule has 2 aromatic heterocycles. The topological polar surface area (TPSA) is 37.0 Å². The van der Waals surface area contributed by atoms with Crippen molar-refractivity contribution in [1.82, 2.24) is 4.98 Å². The van der Waals surface area contributed by atoms with E-state index < -0.39 is 0 Å². The molecule has 2 N–H and O–H groups in total. The molecule has 0 atom stereocenters. The quantitative estimate of drug-likeness (QED) is 0.819. The molecule has 0 radical (unpaired) electrons. The molecule has 0 saturated heterocycles. The number of anilines is 2. The molecule has 0 bridgehead atoms. The van der Waals surface area contributed by atoms with E-state index in [1.807, 2.05) is 18.3 Å². The maximum absolute atomic E-state index is 4.27. The summed E-state index contributed by atoms with van der Waals surface area (Å²) in [6, 6.07) is 6.17. The summed E-state index contributed by atoms with van der Waals surface area (Å²) in [5, 5.41) is 10.9. The first kappa shape index (κ1) is 11.9. The van der Waals surface area contributed by atoms with Crippen LogP contribution >= 0.6 is 11.3 Å². The number of hydrogen-bond donors (Lipinski definition) is 2. The fraction of sp³-hybridized carbons (Fsp3) is 0.308. The van der Waals surface area contributed by atoms with Gasteiger partial charge in [-0.25, -0.2) is 4.98 Å². The Labute approximate surface area is 106 Å². The molecule has 0 aliphatic carbocycles. The standard InChI is InChI=1S/C13H17N3S/c1-2-5-14-13-8-12(3-6-15-13)16-9-11-4-7-17-10-11/h3-4,6-8,10H,2,5,9H2,1H3,(H2,14,15,16). The van der Waals surface area contributed by atoms with Gasteiger partial charge in [0.25, 0.3) is 0 Å². The minimum atomic E-state index is 0.862. The summed E-state index contributed by atoms with van der Waals surface area (Å²) < 4.78 is 0. The van der Waals surface area contributed by atoms with Gasteiger partial charge in [0.2, 0.25) is 0 Å². The van der Waals surface area contributed by atoms with Crippen molar-refractivity contribution in [1.29, 1.82) is 0 Å². The smallest absolute Gasteiger partial charge is 0.127 e. The summed E-state index contributed by atoms with van der Waals surface area (Å²) in [5.74, 6) is 0.933. The molecule has 2 heterocycles. The third-order valence-electron chi connectivity index (χ3n) is 2.39. The predicted octanol–water partition coefficient (Wildman–Crippen LogP) is 3.58. The lowest BCUT2D eigenvalue weighted by molar-refractivity contribution is 0.969. The molecule has 0 aliphatic heterocycles. The van der Waals surface area contributed by atoms with Gasteiger partial charge in [0.15, 0.2) is 0 Å². The van der Waals surface area contributed by atoms with Crippen LogP contribution in [0.4, 0.5) is 11.5 Å². The summed E-state index contributed by atoms with van der Waals surface area (Å²) in [5.41, 5.74) is 2.42. The van der Waals surface area contributed by atoms with Crippen LogP contribution in [-0.4, -0.2) is 11.5 Å². The number of hydrogen-bond acceptors (Lipinski definition) is 4. The van der Waals surface area contributed by atoms with Crippen molar-refractivity contribution in [3.8, 4) is 0 Å². The third-order valence-corrected chi connectivity index (χ3v) is 3.12. The lowest BCUT2D eigenvalue weighted by Gasteiger charge is -2.08. The van der Waals surface area contributed by atoms with Crippen LogP contribution in [-0.2, 0) is 6.54 Å².